The molecule has 0 atom stereocenters. The van der Waals surface area contributed by atoms with Gasteiger partial charge in [-0.05, 0) is 68.7 Å². The van der Waals surface area contributed by atoms with Crippen molar-refractivity contribution < 1.29 is 14.6 Å². The molecule has 1 N–H and O–H groups in total. The summed E-state index contributed by atoms with van der Waals surface area (Å²) in [6, 6.07) is 3.66. The Balaban J connectivity index is 2.74. The number of rotatable bonds is 8. The van der Waals surface area contributed by atoms with E-state index in [-0.39, 0.29) is 0 Å². The van der Waals surface area contributed by atoms with E-state index in [4.69, 9.17) is 9.84 Å². The summed E-state index contributed by atoms with van der Waals surface area (Å²) in [5, 5.41) is 8.64. The second kappa shape index (κ2) is 9.23. The van der Waals surface area contributed by atoms with Crippen LogP contribution in [-0.4, -0.2) is 42.2 Å². The van der Waals surface area contributed by atoms with E-state index >= 15 is 0 Å². The molecule has 1 aromatic carbocycles. The highest BCUT2D eigenvalue weighted by atomic mass is 79.9. The van der Waals surface area contributed by atoms with Gasteiger partial charge in [0, 0.05) is 12.6 Å². The molecule has 0 aromatic heterocycles. The van der Waals surface area contributed by atoms with Gasteiger partial charge in [-0.2, -0.15) is 0 Å². The van der Waals surface area contributed by atoms with Crippen LogP contribution in [0.4, 0.5) is 0 Å². The molecule has 0 aliphatic carbocycles. The predicted molar refractivity (Wildman–Crippen MR) is 91.8 cm³/mol. The third-order valence-electron chi connectivity index (χ3n) is 2.99. The van der Waals surface area contributed by atoms with E-state index in [2.05, 4.69) is 50.6 Å². The number of hydrogen-bond donors (Lipinski definition) is 1. The molecular formula is C15H19Br2NO3. The normalized spacial score (nSPS) is 11.3. The van der Waals surface area contributed by atoms with Gasteiger partial charge in [-0.1, -0.05) is 13.8 Å². The van der Waals surface area contributed by atoms with Crippen molar-refractivity contribution in [1.82, 2.24) is 4.90 Å². The summed E-state index contributed by atoms with van der Waals surface area (Å²) in [6.07, 6.45) is 2.65. The molecule has 0 bridgehead atoms. The smallest absolute Gasteiger partial charge is 0.328 e. The maximum Gasteiger partial charge on any atom is 0.328 e. The van der Waals surface area contributed by atoms with Crippen LogP contribution < -0.4 is 4.74 Å². The van der Waals surface area contributed by atoms with Crippen LogP contribution in [0.25, 0.3) is 6.08 Å². The maximum atomic E-state index is 10.5. The van der Waals surface area contributed by atoms with E-state index < -0.39 is 5.97 Å². The lowest BCUT2D eigenvalue weighted by Gasteiger charge is -2.19. The molecule has 1 rings (SSSR count). The minimum Gasteiger partial charge on any atom is -0.490 e. The number of likely N-dealkylation sites (N-methyl/N-ethyl adjacent to an activating group) is 1. The molecule has 0 aliphatic rings. The topological polar surface area (TPSA) is 49.8 Å². The van der Waals surface area contributed by atoms with Gasteiger partial charge >= 0.3 is 5.97 Å². The third kappa shape index (κ3) is 6.20. The first-order valence-electron chi connectivity index (χ1n) is 6.73. The Kier molecular flexibility index (Phi) is 8.00. The van der Waals surface area contributed by atoms with Crippen LogP contribution in [-0.2, 0) is 4.79 Å². The highest BCUT2D eigenvalue weighted by Gasteiger charge is 2.09. The summed E-state index contributed by atoms with van der Waals surface area (Å²) in [6.45, 7) is 7.72. The highest BCUT2D eigenvalue weighted by molar-refractivity contribution is 9.11. The Bertz CT molecular complexity index is 491. The van der Waals surface area contributed by atoms with Crippen molar-refractivity contribution >= 4 is 43.9 Å². The fourth-order valence-corrected chi connectivity index (χ4v) is 3.25. The fourth-order valence-electron chi connectivity index (χ4n) is 1.80. The lowest BCUT2D eigenvalue weighted by molar-refractivity contribution is -0.131. The summed E-state index contributed by atoms with van der Waals surface area (Å²) < 4.78 is 7.39. The zero-order chi connectivity index (χ0) is 15.8. The lowest BCUT2D eigenvalue weighted by atomic mass is 10.2. The summed E-state index contributed by atoms with van der Waals surface area (Å²) in [5.41, 5.74) is 0.784. The Morgan fingerprint density at radius 2 is 1.86 bits per heavy atom. The van der Waals surface area contributed by atoms with Crippen LogP contribution in [0.15, 0.2) is 27.2 Å². The molecule has 0 aliphatic heterocycles. The third-order valence-corrected chi connectivity index (χ3v) is 4.17. The van der Waals surface area contributed by atoms with Crippen LogP contribution in [0.5, 0.6) is 5.75 Å². The van der Waals surface area contributed by atoms with Crippen molar-refractivity contribution in [2.75, 3.05) is 26.2 Å². The number of benzene rings is 1. The summed E-state index contributed by atoms with van der Waals surface area (Å²) in [4.78, 5) is 12.8. The van der Waals surface area contributed by atoms with Gasteiger partial charge in [-0.25, -0.2) is 4.79 Å². The first-order chi connectivity index (χ1) is 9.97. The first kappa shape index (κ1) is 18.2. The van der Waals surface area contributed by atoms with Crippen LogP contribution >= 0.6 is 31.9 Å². The second-order valence-corrected chi connectivity index (χ2v) is 6.07. The molecule has 116 valence electrons. The van der Waals surface area contributed by atoms with E-state index in [1.54, 1.807) is 0 Å². The van der Waals surface area contributed by atoms with Crippen molar-refractivity contribution in [3.8, 4) is 5.75 Å². The van der Waals surface area contributed by atoms with Crippen LogP contribution in [0, 0.1) is 0 Å². The highest BCUT2D eigenvalue weighted by Crippen LogP contribution is 2.35. The van der Waals surface area contributed by atoms with Gasteiger partial charge in [0.15, 0.2) is 0 Å². The van der Waals surface area contributed by atoms with Crippen LogP contribution in [0.3, 0.4) is 0 Å². The first-order valence-corrected chi connectivity index (χ1v) is 8.31. The van der Waals surface area contributed by atoms with Crippen molar-refractivity contribution in [2.45, 2.75) is 13.8 Å². The van der Waals surface area contributed by atoms with E-state index in [9.17, 15) is 4.79 Å². The number of nitrogens with zero attached hydrogens (tertiary/aromatic N) is 1. The molecule has 0 heterocycles. The Labute approximate surface area is 142 Å². The SMILES string of the molecule is CCN(CC)CCOc1c(Br)cc(/C=C/C(=O)O)cc1Br. The zero-order valence-corrected chi connectivity index (χ0v) is 15.3. The fraction of sp³-hybridized carbons (Fsp3) is 0.400. The zero-order valence-electron chi connectivity index (χ0n) is 12.1. The average Bonchev–Trinajstić information content (AvgIpc) is 2.43. The molecule has 0 spiro atoms. The molecular weight excluding hydrogens is 402 g/mol. The quantitative estimate of drug-likeness (QED) is 0.645. The van der Waals surface area contributed by atoms with E-state index in [0.717, 1.165) is 46.0 Å². The van der Waals surface area contributed by atoms with Gasteiger partial charge in [0.05, 0.1) is 8.95 Å². The van der Waals surface area contributed by atoms with Crippen LogP contribution in [0.2, 0.25) is 0 Å². The standard InChI is InChI=1S/C15H19Br2NO3/c1-3-18(4-2)7-8-21-15-12(16)9-11(10-13(15)17)5-6-14(19)20/h5-6,9-10H,3-4,7-8H2,1-2H3,(H,19,20)/b6-5+. The Hall–Kier alpha value is -0.850. The van der Waals surface area contributed by atoms with E-state index in [1.807, 2.05) is 12.1 Å². The molecule has 0 radical (unpaired) electrons. The minimum atomic E-state index is -0.971. The predicted octanol–water partition coefficient (Wildman–Crippen LogP) is 4.03. The van der Waals surface area contributed by atoms with Crippen molar-refractivity contribution in [1.29, 1.82) is 0 Å². The molecule has 1 aromatic rings. The van der Waals surface area contributed by atoms with Gasteiger partial charge in [0.25, 0.3) is 0 Å². The van der Waals surface area contributed by atoms with Crippen molar-refractivity contribution in [3.05, 3.63) is 32.7 Å². The van der Waals surface area contributed by atoms with Crippen molar-refractivity contribution in [3.63, 3.8) is 0 Å². The Morgan fingerprint density at radius 3 is 2.33 bits per heavy atom. The molecule has 0 saturated heterocycles. The molecule has 21 heavy (non-hydrogen) atoms. The summed E-state index contributed by atoms with van der Waals surface area (Å²) in [5.74, 6) is -0.239. The van der Waals surface area contributed by atoms with E-state index in [1.165, 1.54) is 6.08 Å². The molecule has 0 fully saturated rings. The number of hydrogen-bond acceptors (Lipinski definition) is 3. The number of carboxylic acid groups (broad SMARTS) is 1. The monoisotopic (exact) mass is 419 g/mol. The number of carboxylic acids is 1. The van der Waals surface area contributed by atoms with Gasteiger partial charge in [-0.15, -0.1) is 0 Å². The maximum absolute atomic E-state index is 10.5. The summed E-state index contributed by atoms with van der Waals surface area (Å²) in [7, 11) is 0. The second-order valence-electron chi connectivity index (χ2n) is 4.36. The summed E-state index contributed by atoms with van der Waals surface area (Å²) >= 11 is 6.91. The van der Waals surface area contributed by atoms with Gasteiger partial charge < -0.3 is 14.7 Å². The average molecular weight is 421 g/mol. The van der Waals surface area contributed by atoms with E-state index in [0.29, 0.717) is 6.61 Å². The number of carbonyl (C=O) groups is 1. The van der Waals surface area contributed by atoms with Crippen molar-refractivity contribution in [2.24, 2.45) is 0 Å². The molecule has 0 amide bonds. The molecule has 0 saturated carbocycles. The largest absolute Gasteiger partial charge is 0.490 e. The van der Waals surface area contributed by atoms with Gasteiger partial charge in [0.1, 0.15) is 12.4 Å². The van der Waals surface area contributed by atoms with Crippen LogP contribution in [0.1, 0.15) is 19.4 Å². The molecule has 4 nitrogen and oxygen atoms in total. The Morgan fingerprint density at radius 1 is 1.29 bits per heavy atom. The molecule has 0 unspecified atom stereocenters. The number of halogens is 2. The molecule has 6 heteroatoms. The van der Waals surface area contributed by atoms with Gasteiger partial charge in [-0.3, -0.25) is 0 Å². The van der Waals surface area contributed by atoms with Gasteiger partial charge in [0.2, 0.25) is 0 Å². The number of aliphatic carboxylic acids is 1. The lowest BCUT2D eigenvalue weighted by Crippen LogP contribution is -2.28. The minimum absolute atomic E-state index is 0.600. The number of ether oxygens (including phenoxy) is 1.